The van der Waals surface area contributed by atoms with Crippen LogP contribution in [-0.4, -0.2) is 28.5 Å². The lowest BCUT2D eigenvalue weighted by Gasteiger charge is -2.09. The average molecular weight is 394 g/mol. The highest BCUT2D eigenvalue weighted by atomic mass is 32.2. The molecule has 2 aromatic carbocycles. The van der Waals surface area contributed by atoms with Gasteiger partial charge in [-0.05, 0) is 36.4 Å². The van der Waals surface area contributed by atoms with Crippen molar-refractivity contribution in [3.05, 3.63) is 84.7 Å². The summed E-state index contributed by atoms with van der Waals surface area (Å²) in [6.07, 6.45) is 2.78. The molecule has 0 aliphatic carbocycles. The molecule has 0 aliphatic heterocycles. The molecule has 0 bridgehead atoms. The van der Waals surface area contributed by atoms with Crippen molar-refractivity contribution in [3.63, 3.8) is 0 Å². The summed E-state index contributed by atoms with van der Waals surface area (Å²) >= 11 is 0. The summed E-state index contributed by atoms with van der Waals surface area (Å²) < 4.78 is 32.4. The fourth-order valence-corrected chi connectivity index (χ4v) is 4.12. The minimum atomic E-state index is -3.78. The number of fused-ring (bicyclic) bond motifs is 1. The molecule has 1 N–H and O–H groups in total. The van der Waals surface area contributed by atoms with Crippen LogP contribution in [-0.2, 0) is 10.0 Å². The molecule has 0 spiro atoms. The predicted octanol–water partition coefficient (Wildman–Crippen LogP) is 3.76. The van der Waals surface area contributed by atoms with Gasteiger partial charge in [-0.1, -0.05) is 30.3 Å². The van der Waals surface area contributed by atoms with Gasteiger partial charge in [0.15, 0.2) is 5.65 Å². The van der Waals surface area contributed by atoms with Crippen molar-refractivity contribution in [3.8, 4) is 11.5 Å². The molecule has 0 fully saturated rings. The van der Waals surface area contributed by atoms with E-state index < -0.39 is 16.0 Å². The Morgan fingerprint density at radius 2 is 1.71 bits per heavy atom. The highest BCUT2D eigenvalue weighted by Gasteiger charge is 2.20. The molecule has 0 unspecified atom stereocenters. The fraction of sp³-hybridized carbons (Fsp3) is 0. The third-order valence-electron chi connectivity index (χ3n) is 4.11. The van der Waals surface area contributed by atoms with E-state index in [2.05, 4.69) is 4.98 Å². The van der Waals surface area contributed by atoms with Gasteiger partial charge in [0.25, 0.3) is 10.0 Å². The first-order valence-electron chi connectivity index (χ1n) is 8.25. The molecule has 0 radical (unpaired) electrons. The smallest absolute Gasteiger partial charge is 0.339 e. The Morgan fingerprint density at radius 1 is 1.00 bits per heavy atom. The normalized spacial score (nSPS) is 11.4. The minimum Gasteiger partial charge on any atom is -0.478 e. The van der Waals surface area contributed by atoms with E-state index in [4.69, 9.17) is 4.74 Å². The van der Waals surface area contributed by atoms with Crippen molar-refractivity contribution in [1.82, 2.24) is 8.96 Å². The zero-order chi connectivity index (χ0) is 19.7. The van der Waals surface area contributed by atoms with Crippen LogP contribution in [0.5, 0.6) is 11.5 Å². The fourth-order valence-electron chi connectivity index (χ4n) is 2.79. The molecule has 4 rings (SSSR count). The number of carboxylic acid groups (broad SMARTS) is 1. The number of ether oxygens (including phenoxy) is 1. The molecule has 140 valence electrons. The van der Waals surface area contributed by atoms with Gasteiger partial charge >= 0.3 is 5.97 Å². The molecule has 28 heavy (non-hydrogen) atoms. The van der Waals surface area contributed by atoms with Crippen LogP contribution in [0.3, 0.4) is 0 Å². The molecule has 7 nitrogen and oxygen atoms in total. The molecule has 0 atom stereocenters. The van der Waals surface area contributed by atoms with Crippen LogP contribution in [0.1, 0.15) is 10.4 Å². The Morgan fingerprint density at radius 3 is 2.46 bits per heavy atom. The molecular weight excluding hydrogens is 380 g/mol. The molecule has 0 aliphatic rings. The monoisotopic (exact) mass is 394 g/mol. The first-order chi connectivity index (χ1) is 13.5. The van der Waals surface area contributed by atoms with Crippen molar-refractivity contribution >= 4 is 27.0 Å². The number of para-hydroxylation sites is 1. The lowest BCUT2D eigenvalue weighted by molar-refractivity contribution is 0.0694. The highest BCUT2D eigenvalue weighted by Crippen LogP contribution is 2.28. The van der Waals surface area contributed by atoms with Crippen LogP contribution in [0.25, 0.3) is 11.0 Å². The Balaban J connectivity index is 1.73. The number of aromatic nitrogens is 2. The molecule has 0 amide bonds. The standard InChI is InChI=1S/C20H14N2O5S/c23-20(24)17-8-4-5-9-18(17)27-15-12-14-10-11-22(19(14)21-13-15)28(25,26)16-6-2-1-3-7-16/h1-13H,(H,23,24). The highest BCUT2D eigenvalue weighted by molar-refractivity contribution is 7.90. The van der Waals surface area contributed by atoms with E-state index in [1.54, 1.807) is 48.5 Å². The number of aromatic carboxylic acids is 1. The van der Waals surface area contributed by atoms with Gasteiger partial charge in [0, 0.05) is 11.6 Å². The van der Waals surface area contributed by atoms with Crippen molar-refractivity contribution in [2.45, 2.75) is 4.90 Å². The lowest BCUT2D eigenvalue weighted by Crippen LogP contribution is -2.12. The Kier molecular flexibility index (Phi) is 4.32. The summed E-state index contributed by atoms with van der Waals surface area (Å²) in [5.41, 5.74) is 0.273. The number of benzene rings is 2. The van der Waals surface area contributed by atoms with Gasteiger partial charge in [-0.25, -0.2) is 22.2 Å². The quantitative estimate of drug-likeness (QED) is 0.553. The van der Waals surface area contributed by atoms with Gasteiger partial charge < -0.3 is 9.84 Å². The van der Waals surface area contributed by atoms with Crippen molar-refractivity contribution in [2.24, 2.45) is 0 Å². The van der Waals surface area contributed by atoms with E-state index in [0.29, 0.717) is 11.1 Å². The topological polar surface area (TPSA) is 98.5 Å². The van der Waals surface area contributed by atoms with Crippen molar-refractivity contribution in [2.75, 3.05) is 0 Å². The number of carboxylic acids is 1. The van der Waals surface area contributed by atoms with Crippen LogP contribution >= 0.6 is 0 Å². The van der Waals surface area contributed by atoms with Crippen LogP contribution in [0, 0.1) is 0 Å². The second-order valence-corrected chi connectivity index (χ2v) is 7.73. The Bertz CT molecular complexity index is 1280. The number of hydrogen-bond acceptors (Lipinski definition) is 5. The van der Waals surface area contributed by atoms with Gasteiger partial charge in [0.1, 0.15) is 17.1 Å². The summed E-state index contributed by atoms with van der Waals surface area (Å²) in [6.45, 7) is 0. The molecule has 0 saturated heterocycles. The maximum absolute atomic E-state index is 12.8. The maximum Gasteiger partial charge on any atom is 0.339 e. The molecule has 8 heteroatoms. The second-order valence-electron chi connectivity index (χ2n) is 5.92. The average Bonchev–Trinajstić information content (AvgIpc) is 3.13. The van der Waals surface area contributed by atoms with Gasteiger partial charge in [-0.2, -0.15) is 0 Å². The number of hydrogen-bond donors (Lipinski definition) is 1. The van der Waals surface area contributed by atoms with Crippen LogP contribution < -0.4 is 4.74 Å². The summed E-state index contributed by atoms with van der Waals surface area (Å²) in [7, 11) is -3.78. The zero-order valence-corrected chi connectivity index (χ0v) is 15.2. The van der Waals surface area contributed by atoms with Crippen LogP contribution in [0.15, 0.2) is 84.0 Å². The molecule has 4 aromatic rings. The summed E-state index contributed by atoms with van der Waals surface area (Å²) in [5.74, 6) is -0.631. The van der Waals surface area contributed by atoms with Crippen molar-refractivity contribution in [1.29, 1.82) is 0 Å². The van der Waals surface area contributed by atoms with E-state index in [9.17, 15) is 18.3 Å². The number of carbonyl (C=O) groups is 1. The SMILES string of the molecule is O=C(O)c1ccccc1Oc1cnc2c(ccn2S(=O)(=O)c2ccccc2)c1. The maximum atomic E-state index is 12.8. The van der Waals surface area contributed by atoms with E-state index in [1.807, 2.05) is 0 Å². The van der Waals surface area contributed by atoms with Gasteiger partial charge in [-0.3, -0.25) is 0 Å². The number of nitrogens with zero attached hydrogens (tertiary/aromatic N) is 2. The molecule has 0 saturated carbocycles. The van der Waals surface area contributed by atoms with Crippen LogP contribution in [0.2, 0.25) is 0 Å². The second kappa shape index (κ2) is 6.82. The zero-order valence-electron chi connectivity index (χ0n) is 14.4. The summed E-state index contributed by atoms with van der Waals surface area (Å²) in [6, 6.07) is 17.5. The van der Waals surface area contributed by atoms with Gasteiger partial charge in [-0.15, -0.1) is 0 Å². The summed E-state index contributed by atoms with van der Waals surface area (Å²) in [5, 5.41) is 9.80. The van der Waals surface area contributed by atoms with Crippen molar-refractivity contribution < 1.29 is 23.1 Å². The number of rotatable bonds is 5. The van der Waals surface area contributed by atoms with Crippen LogP contribution in [0.4, 0.5) is 0 Å². The first kappa shape index (κ1) is 17.7. The number of pyridine rings is 1. The van der Waals surface area contributed by atoms with Gasteiger partial charge in [0.2, 0.25) is 0 Å². The predicted molar refractivity (Wildman–Crippen MR) is 102 cm³/mol. The van der Waals surface area contributed by atoms with E-state index in [0.717, 1.165) is 3.97 Å². The third kappa shape index (κ3) is 3.10. The summed E-state index contributed by atoms with van der Waals surface area (Å²) in [4.78, 5) is 15.7. The molecule has 2 heterocycles. The lowest BCUT2D eigenvalue weighted by atomic mass is 10.2. The van der Waals surface area contributed by atoms with Gasteiger partial charge in [0.05, 0.1) is 11.1 Å². The minimum absolute atomic E-state index is 0.0202. The molecule has 2 aromatic heterocycles. The third-order valence-corrected chi connectivity index (χ3v) is 5.79. The Labute approximate surface area is 160 Å². The van der Waals surface area contributed by atoms with E-state index >= 15 is 0 Å². The first-order valence-corrected chi connectivity index (χ1v) is 9.69. The van der Waals surface area contributed by atoms with E-state index in [-0.39, 0.29) is 21.9 Å². The van der Waals surface area contributed by atoms with E-state index in [1.165, 1.54) is 30.6 Å². The Hall–Kier alpha value is -3.65. The molecular formula is C20H14N2O5S. The largest absolute Gasteiger partial charge is 0.478 e.